The van der Waals surface area contributed by atoms with Gasteiger partial charge in [-0.15, -0.1) is 0 Å². The van der Waals surface area contributed by atoms with Gasteiger partial charge < -0.3 is 5.73 Å². The Balaban J connectivity index is 2.55. The van der Waals surface area contributed by atoms with Crippen LogP contribution in [-0.4, -0.2) is 19.2 Å². The van der Waals surface area contributed by atoms with Crippen LogP contribution in [0.25, 0.3) is 10.2 Å². The molecule has 0 bridgehead atoms. The highest BCUT2D eigenvalue weighted by Crippen LogP contribution is 2.29. The molecule has 0 saturated carbocycles. The number of sulfone groups is 1. The van der Waals surface area contributed by atoms with E-state index in [9.17, 15) is 8.42 Å². The van der Waals surface area contributed by atoms with Crippen molar-refractivity contribution in [2.24, 2.45) is 0 Å². The Bertz CT molecular complexity index is 632. The zero-order valence-corrected chi connectivity index (χ0v) is 11.1. The second-order valence-corrected chi connectivity index (χ2v) is 6.97. The molecule has 17 heavy (non-hydrogen) atoms. The zero-order valence-electron chi connectivity index (χ0n) is 9.51. The quantitative estimate of drug-likeness (QED) is 0.926. The molecule has 0 aliphatic carbocycles. The summed E-state index contributed by atoms with van der Waals surface area (Å²) < 4.78 is 25.1. The van der Waals surface area contributed by atoms with Crippen LogP contribution >= 0.6 is 11.3 Å². The van der Waals surface area contributed by atoms with Crippen LogP contribution in [0.5, 0.6) is 0 Å². The molecule has 0 aliphatic heterocycles. The Kier molecular flexibility index (Phi) is 3.35. The van der Waals surface area contributed by atoms with Gasteiger partial charge in [-0.05, 0) is 18.6 Å². The fraction of sp³-hybridized carbons (Fsp3) is 0.364. The Morgan fingerprint density at radius 1 is 1.41 bits per heavy atom. The molecule has 2 aromatic rings. The number of rotatable bonds is 4. The number of anilines is 1. The molecule has 0 aliphatic rings. The van der Waals surface area contributed by atoms with E-state index in [1.54, 1.807) is 12.1 Å². The van der Waals surface area contributed by atoms with Crippen LogP contribution in [0, 0.1) is 0 Å². The second kappa shape index (κ2) is 4.62. The van der Waals surface area contributed by atoms with Crippen LogP contribution in [-0.2, 0) is 9.84 Å². The molecule has 0 fully saturated rings. The van der Waals surface area contributed by atoms with E-state index in [1.165, 1.54) is 11.3 Å². The summed E-state index contributed by atoms with van der Waals surface area (Å²) in [6, 6.07) is 5.17. The summed E-state index contributed by atoms with van der Waals surface area (Å²) in [5.74, 6) is 0.167. The molecule has 1 aromatic heterocycles. The lowest BCUT2D eigenvalue weighted by Crippen LogP contribution is -2.07. The fourth-order valence-corrected chi connectivity index (χ4v) is 4.09. The molecular weight excluding hydrogens is 256 g/mol. The first-order valence-electron chi connectivity index (χ1n) is 5.42. The van der Waals surface area contributed by atoms with Gasteiger partial charge in [0.25, 0.3) is 0 Å². The van der Waals surface area contributed by atoms with E-state index in [0.29, 0.717) is 22.0 Å². The summed E-state index contributed by atoms with van der Waals surface area (Å²) in [6.45, 7) is 1.97. The maximum Gasteiger partial charge on any atom is 0.181 e. The van der Waals surface area contributed by atoms with E-state index in [0.717, 1.165) is 11.1 Å². The van der Waals surface area contributed by atoms with Crippen LogP contribution in [0.3, 0.4) is 0 Å². The van der Waals surface area contributed by atoms with E-state index in [1.807, 2.05) is 13.0 Å². The van der Waals surface area contributed by atoms with Crippen LogP contribution in [0.15, 0.2) is 23.1 Å². The number of thiazole rings is 1. The summed E-state index contributed by atoms with van der Waals surface area (Å²) in [5.41, 5.74) is 6.12. The highest BCUT2D eigenvalue weighted by Gasteiger charge is 2.19. The summed E-state index contributed by atoms with van der Waals surface area (Å²) in [7, 11) is -3.25. The number of nitrogen functional groups attached to an aromatic ring is 1. The van der Waals surface area contributed by atoms with Gasteiger partial charge in [0.15, 0.2) is 15.0 Å². The van der Waals surface area contributed by atoms with E-state index in [4.69, 9.17) is 5.73 Å². The van der Waals surface area contributed by atoms with Crippen molar-refractivity contribution >= 4 is 36.5 Å². The van der Waals surface area contributed by atoms with Gasteiger partial charge in [-0.1, -0.05) is 30.7 Å². The molecule has 4 nitrogen and oxygen atoms in total. The molecular formula is C11H14N2O2S2. The molecule has 0 radical (unpaired) electrons. The normalized spacial score (nSPS) is 12.1. The standard InChI is InChI=1S/C11H14N2O2S2/c1-2-3-7-17(14,15)9-6-4-5-8-10(9)13-11(12)16-8/h4-6H,2-3,7H2,1H3,(H2,12,13). The van der Waals surface area contributed by atoms with E-state index in [-0.39, 0.29) is 5.75 Å². The van der Waals surface area contributed by atoms with E-state index in [2.05, 4.69) is 4.98 Å². The van der Waals surface area contributed by atoms with Crippen LogP contribution in [0.1, 0.15) is 19.8 Å². The van der Waals surface area contributed by atoms with Crippen molar-refractivity contribution in [3.8, 4) is 0 Å². The molecule has 0 atom stereocenters. The number of nitrogens with zero attached hydrogens (tertiary/aromatic N) is 1. The molecule has 92 valence electrons. The van der Waals surface area contributed by atoms with Gasteiger partial charge in [0.2, 0.25) is 0 Å². The minimum atomic E-state index is -3.25. The maximum atomic E-state index is 12.1. The van der Waals surface area contributed by atoms with Crippen molar-refractivity contribution in [1.82, 2.24) is 4.98 Å². The average Bonchev–Trinajstić information content (AvgIpc) is 2.65. The molecule has 0 spiro atoms. The third-order valence-corrected chi connectivity index (χ3v) is 5.18. The lowest BCUT2D eigenvalue weighted by molar-refractivity contribution is 0.593. The molecule has 1 aromatic carbocycles. The summed E-state index contributed by atoms with van der Waals surface area (Å²) >= 11 is 1.31. The number of para-hydroxylation sites is 1. The van der Waals surface area contributed by atoms with Crippen molar-refractivity contribution in [2.45, 2.75) is 24.7 Å². The van der Waals surface area contributed by atoms with Gasteiger partial charge >= 0.3 is 0 Å². The van der Waals surface area contributed by atoms with Crippen molar-refractivity contribution in [1.29, 1.82) is 0 Å². The van der Waals surface area contributed by atoms with Gasteiger partial charge in [0.1, 0.15) is 5.52 Å². The first-order chi connectivity index (χ1) is 8.04. The smallest absolute Gasteiger partial charge is 0.181 e. The SMILES string of the molecule is CCCCS(=O)(=O)c1cccc2sc(N)nc12. The Hall–Kier alpha value is -1.14. The topological polar surface area (TPSA) is 73.0 Å². The minimum absolute atomic E-state index is 0.167. The molecule has 6 heteroatoms. The van der Waals surface area contributed by atoms with Gasteiger partial charge in [0, 0.05) is 0 Å². The highest BCUT2D eigenvalue weighted by molar-refractivity contribution is 7.91. The van der Waals surface area contributed by atoms with Crippen LogP contribution in [0.4, 0.5) is 5.13 Å². The first-order valence-corrected chi connectivity index (χ1v) is 7.89. The summed E-state index contributed by atoms with van der Waals surface area (Å²) in [5, 5.41) is 0.401. The van der Waals surface area contributed by atoms with Crippen LogP contribution in [0.2, 0.25) is 0 Å². The molecule has 1 heterocycles. The Labute approximate surface area is 104 Å². The largest absolute Gasteiger partial charge is 0.375 e. The summed E-state index contributed by atoms with van der Waals surface area (Å²) in [4.78, 5) is 4.41. The number of unbranched alkanes of at least 4 members (excludes halogenated alkanes) is 1. The van der Waals surface area contributed by atoms with Gasteiger partial charge in [0.05, 0.1) is 15.3 Å². The number of aromatic nitrogens is 1. The predicted molar refractivity (Wildman–Crippen MR) is 71.0 cm³/mol. The van der Waals surface area contributed by atoms with E-state index < -0.39 is 9.84 Å². The van der Waals surface area contributed by atoms with Gasteiger partial charge in [-0.3, -0.25) is 0 Å². The fourth-order valence-electron chi connectivity index (χ4n) is 1.64. The maximum absolute atomic E-state index is 12.1. The van der Waals surface area contributed by atoms with Crippen LogP contribution < -0.4 is 5.73 Å². The second-order valence-electron chi connectivity index (χ2n) is 3.83. The number of benzene rings is 1. The predicted octanol–water partition coefficient (Wildman–Crippen LogP) is 2.45. The van der Waals surface area contributed by atoms with E-state index >= 15 is 0 Å². The van der Waals surface area contributed by atoms with Gasteiger partial charge in [-0.2, -0.15) is 0 Å². The van der Waals surface area contributed by atoms with Gasteiger partial charge in [-0.25, -0.2) is 13.4 Å². The average molecular weight is 270 g/mol. The lowest BCUT2D eigenvalue weighted by Gasteiger charge is -2.03. The molecule has 0 saturated heterocycles. The third kappa shape index (κ3) is 2.42. The molecule has 0 amide bonds. The number of fused-ring (bicyclic) bond motifs is 1. The lowest BCUT2D eigenvalue weighted by atomic mass is 10.3. The van der Waals surface area contributed by atoms with Crippen molar-refractivity contribution in [3.05, 3.63) is 18.2 Å². The first kappa shape index (κ1) is 12.3. The number of nitrogens with two attached hydrogens (primary N) is 1. The monoisotopic (exact) mass is 270 g/mol. The molecule has 0 unspecified atom stereocenters. The Morgan fingerprint density at radius 3 is 2.88 bits per heavy atom. The summed E-state index contributed by atoms with van der Waals surface area (Å²) in [6.07, 6.45) is 1.52. The Morgan fingerprint density at radius 2 is 2.18 bits per heavy atom. The van der Waals surface area contributed by atoms with Crippen molar-refractivity contribution in [2.75, 3.05) is 11.5 Å². The third-order valence-electron chi connectivity index (χ3n) is 2.50. The van der Waals surface area contributed by atoms with Crippen molar-refractivity contribution < 1.29 is 8.42 Å². The number of hydrogen-bond donors (Lipinski definition) is 1. The van der Waals surface area contributed by atoms with Crippen molar-refractivity contribution in [3.63, 3.8) is 0 Å². The molecule has 2 N–H and O–H groups in total. The molecule has 2 rings (SSSR count). The zero-order chi connectivity index (χ0) is 12.5. The minimum Gasteiger partial charge on any atom is -0.375 e. The highest BCUT2D eigenvalue weighted by atomic mass is 32.2. The number of hydrogen-bond acceptors (Lipinski definition) is 5.